The van der Waals surface area contributed by atoms with Crippen LogP contribution in [0.4, 0.5) is 5.69 Å². The number of nitrogens with two attached hydrogens (primary N) is 2. The van der Waals surface area contributed by atoms with Crippen LogP contribution in [-0.2, 0) is 11.3 Å². The second kappa shape index (κ2) is 11.2. The molecule has 188 valence electrons. The summed E-state index contributed by atoms with van der Waals surface area (Å²) in [4.78, 5) is 41.1. The number of carbonyl (C=O) groups excluding carboxylic acids is 3. The minimum Gasteiger partial charge on any atom is -0.497 e. The van der Waals surface area contributed by atoms with Crippen molar-refractivity contribution in [2.24, 2.45) is 5.73 Å². The number of nitrogens with one attached hydrogen (secondary N) is 1. The van der Waals surface area contributed by atoms with Crippen molar-refractivity contribution < 1.29 is 19.1 Å². The van der Waals surface area contributed by atoms with Gasteiger partial charge in [0.1, 0.15) is 16.7 Å². The first kappa shape index (κ1) is 25.2. The van der Waals surface area contributed by atoms with E-state index < -0.39 is 17.9 Å². The minimum absolute atomic E-state index is 0.0568. The zero-order valence-electron chi connectivity index (χ0n) is 20.0. The molecular weight excluding hydrogens is 478 g/mol. The molecule has 1 fully saturated rings. The third-order valence-corrected chi connectivity index (χ3v) is 7.23. The quantitative estimate of drug-likeness (QED) is 0.406. The van der Waals surface area contributed by atoms with Crippen LogP contribution in [0.2, 0.25) is 0 Å². The number of hydrogen-bond acceptors (Lipinski definition) is 7. The zero-order chi connectivity index (χ0) is 25.7. The van der Waals surface area contributed by atoms with Crippen molar-refractivity contribution in [1.82, 2.24) is 14.6 Å². The highest BCUT2D eigenvalue weighted by Crippen LogP contribution is 2.36. The van der Waals surface area contributed by atoms with Crippen molar-refractivity contribution in [1.29, 1.82) is 0 Å². The smallest absolute Gasteiger partial charge is 0.270 e. The van der Waals surface area contributed by atoms with Crippen LogP contribution in [0.15, 0.2) is 54.6 Å². The Labute approximate surface area is 213 Å². The molecule has 1 atom stereocenters. The fraction of sp³-hybridized carbons (Fsp3) is 0.308. The van der Waals surface area contributed by atoms with Gasteiger partial charge in [0.05, 0.1) is 12.8 Å². The molecule has 1 saturated carbocycles. The van der Waals surface area contributed by atoms with Gasteiger partial charge in [0.15, 0.2) is 5.69 Å². The van der Waals surface area contributed by atoms with E-state index in [-0.39, 0.29) is 28.2 Å². The number of anilines is 1. The van der Waals surface area contributed by atoms with E-state index in [4.69, 9.17) is 16.2 Å². The molecule has 0 radical (unpaired) electrons. The fourth-order valence-electron chi connectivity index (χ4n) is 4.53. The summed E-state index contributed by atoms with van der Waals surface area (Å²) in [6.07, 6.45) is 3.40. The second-order valence-corrected chi connectivity index (χ2v) is 9.44. The number of nitrogen functional groups attached to an aromatic ring is 1. The molecule has 4 rings (SSSR count). The molecule has 36 heavy (non-hydrogen) atoms. The highest BCUT2D eigenvalue weighted by atomic mass is 32.1. The predicted molar refractivity (Wildman–Crippen MR) is 137 cm³/mol. The van der Waals surface area contributed by atoms with Gasteiger partial charge in [-0.1, -0.05) is 55.3 Å². The zero-order valence-corrected chi connectivity index (χ0v) is 20.8. The van der Waals surface area contributed by atoms with Crippen molar-refractivity contribution >= 4 is 34.9 Å². The third kappa shape index (κ3) is 5.33. The molecule has 2 aromatic carbocycles. The van der Waals surface area contributed by atoms with Gasteiger partial charge < -0.3 is 26.4 Å². The van der Waals surface area contributed by atoms with Crippen LogP contribution in [0.25, 0.3) is 0 Å². The first-order valence-electron chi connectivity index (χ1n) is 11.7. The lowest BCUT2D eigenvalue weighted by atomic mass is 10.00. The number of primary amides is 1. The van der Waals surface area contributed by atoms with Gasteiger partial charge in [-0.15, -0.1) is 0 Å². The molecule has 5 N–H and O–H groups in total. The average Bonchev–Trinajstić information content (AvgIpc) is 3.56. The molecule has 0 unspecified atom stereocenters. The van der Waals surface area contributed by atoms with Crippen LogP contribution in [0.3, 0.4) is 0 Å². The van der Waals surface area contributed by atoms with Gasteiger partial charge in [-0.05, 0) is 47.6 Å². The topological polar surface area (TPSA) is 141 Å². The number of nitrogens with zero attached hydrogens (tertiary/aromatic N) is 2. The summed E-state index contributed by atoms with van der Waals surface area (Å²) in [5.41, 5.74) is 12.9. The van der Waals surface area contributed by atoms with E-state index in [1.807, 2.05) is 30.3 Å². The summed E-state index contributed by atoms with van der Waals surface area (Å²) < 4.78 is 9.28. The predicted octanol–water partition coefficient (Wildman–Crippen LogP) is 3.28. The van der Waals surface area contributed by atoms with Gasteiger partial charge in [-0.25, -0.2) is 0 Å². The molecule has 0 aliphatic heterocycles. The van der Waals surface area contributed by atoms with Gasteiger partial charge in [-0.2, -0.15) is 4.37 Å². The lowest BCUT2D eigenvalue weighted by Gasteiger charge is -2.36. The van der Waals surface area contributed by atoms with Crippen LogP contribution in [0, 0.1) is 0 Å². The van der Waals surface area contributed by atoms with Gasteiger partial charge >= 0.3 is 0 Å². The highest BCUT2D eigenvalue weighted by Gasteiger charge is 2.39. The number of amides is 3. The maximum Gasteiger partial charge on any atom is 0.270 e. The Balaban J connectivity index is 1.74. The van der Waals surface area contributed by atoms with E-state index in [2.05, 4.69) is 9.69 Å². The van der Waals surface area contributed by atoms with Gasteiger partial charge in [0.2, 0.25) is 5.91 Å². The highest BCUT2D eigenvalue weighted by molar-refractivity contribution is 7.09. The number of aromatic nitrogens is 1. The molecule has 1 aliphatic rings. The maximum absolute atomic E-state index is 14.0. The molecule has 0 bridgehead atoms. The van der Waals surface area contributed by atoms with Gasteiger partial charge in [0.25, 0.3) is 11.8 Å². The third-order valence-electron chi connectivity index (χ3n) is 6.38. The van der Waals surface area contributed by atoms with E-state index in [9.17, 15) is 14.4 Å². The maximum atomic E-state index is 14.0. The van der Waals surface area contributed by atoms with Crippen LogP contribution in [0.5, 0.6) is 5.75 Å². The Kier molecular flexibility index (Phi) is 7.84. The Bertz CT molecular complexity index is 1220. The van der Waals surface area contributed by atoms with Gasteiger partial charge in [0, 0.05) is 12.6 Å². The summed E-state index contributed by atoms with van der Waals surface area (Å²) in [7, 11) is 1.57. The van der Waals surface area contributed by atoms with Crippen molar-refractivity contribution in [2.45, 2.75) is 44.3 Å². The molecular formula is C26H29N5O4S. The van der Waals surface area contributed by atoms with Crippen molar-refractivity contribution in [3.8, 4) is 5.75 Å². The van der Waals surface area contributed by atoms with E-state index in [1.54, 1.807) is 36.3 Å². The summed E-state index contributed by atoms with van der Waals surface area (Å²) >= 11 is 0.822. The molecule has 3 aromatic rings. The van der Waals surface area contributed by atoms with E-state index in [0.29, 0.717) is 17.9 Å². The van der Waals surface area contributed by atoms with Crippen LogP contribution in [-0.4, -0.2) is 40.1 Å². The minimum atomic E-state index is -0.922. The van der Waals surface area contributed by atoms with Crippen LogP contribution < -0.4 is 21.5 Å². The molecule has 1 aromatic heterocycles. The van der Waals surface area contributed by atoms with Crippen molar-refractivity contribution in [3.05, 3.63) is 76.3 Å². The Hall–Kier alpha value is -3.92. The van der Waals surface area contributed by atoms with E-state index in [0.717, 1.165) is 42.8 Å². The van der Waals surface area contributed by atoms with Gasteiger partial charge in [-0.3, -0.25) is 14.4 Å². The number of benzene rings is 2. The summed E-state index contributed by atoms with van der Waals surface area (Å²) in [5.74, 6) is -0.927. The number of hydrogen-bond donors (Lipinski definition) is 3. The summed E-state index contributed by atoms with van der Waals surface area (Å²) in [6, 6.07) is 15.5. The molecule has 1 heterocycles. The first-order valence-corrected chi connectivity index (χ1v) is 12.5. The number of ether oxygens (including phenoxy) is 1. The standard InChI is InChI=1S/C26H29N5O4S/c1-35-19-13-11-17(12-14-19)22(25(33)29-15-16-7-3-2-4-8-16)31(18-9-5-6-10-18)26(34)23-20(27)21(24(28)32)30-36-23/h2-4,7-8,11-14,18,22H,5-6,9-10,15,27H2,1H3,(H2,28,32)(H,29,33)/t22-/m0/s1. The van der Waals surface area contributed by atoms with Crippen molar-refractivity contribution in [2.75, 3.05) is 12.8 Å². The Morgan fingerprint density at radius 1 is 1.11 bits per heavy atom. The summed E-state index contributed by atoms with van der Waals surface area (Å²) in [5, 5.41) is 2.99. The molecule has 9 nitrogen and oxygen atoms in total. The van der Waals surface area contributed by atoms with E-state index in [1.165, 1.54) is 0 Å². The Morgan fingerprint density at radius 3 is 2.36 bits per heavy atom. The summed E-state index contributed by atoms with van der Waals surface area (Å²) in [6.45, 7) is 0.313. The SMILES string of the molecule is COc1ccc([C@@H](C(=O)NCc2ccccc2)N(C(=O)c2snc(C(N)=O)c2N)C2CCCC2)cc1. The monoisotopic (exact) mass is 507 g/mol. The largest absolute Gasteiger partial charge is 0.497 e. The fourth-order valence-corrected chi connectivity index (χ4v) is 5.28. The lowest BCUT2D eigenvalue weighted by molar-refractivity contribution is -0.126. The van der Waals surface area contributed by atoms with Crippen LogP contribution in [0.1, 0.15) is 63.0 Å². The molecule has 1 aliphatic carbocycles. The molecule has 10 heteroatoms. The van der Waals surface area contributed by atoms with E-state index >= 15 is 0 Å². The molecule has 0 spiro atoms. The molecule has 0 saturated heterocycles. The van der Waals surface area contributed by atoms with Crippen LogP contribution >= 0.6 is 11.5 Å². The van der Waals surface area contributed by atoms with Crippen molar-refractivity contribution in [3.63, 3.8) is 0 Å². The number of rotatable bonds is 9. The lowest BCUT2D eigenvalue weighted by Crippen LogP contribution is -2.48. The Morgan fingerprint density at radius 2 is 1.78 bits per heavy atom. The normalized spacial score (nSPS) is 14.2. The average molecular weight is 508 g/mol. The second-order valence-electron chi connectivity index (χ2n) is 8.67. The number of carbonyl (C=O) groups is 3. The first-order chi connectivity index (χ1) is 17.4. The number of methoxy groups -OCH3 is 1. The molecule has 3 amide bonds.